The number of hydrogen-bond donors (Lipinski definition) is 0. The maximum atomic E-state index is 14.5. The van der Waals surface area contributed by atoms with E-state index in [0.717, 1.165) is 23.7 Å². The minimum atomic E-state index is -0.543. The molecule has 0 saturated heterocycles. The van der Waals surface area contributed by atoms with Gasteiger partial charge in [0.05, 0.1) is 5.69 Å². The molecule has 1 aliphatic rings. The lowest BCUT2D eigenvalue weighted by Gasteiger charge is -2.16. The molecule has 0 radical (unpaired) electrons. The van der Waals surface area contributed by atoms with Crippen molar-refractivity contribution in [2.75, 3.05) is 0 Å². The lowest BCUT2D eigenvalue weighted by atomic mass is 9.89. The van der Waals surface area contributed by atoms with Gasteiger partial charge in [-0.1, -0.05) is 19.9 Å². The highest BCUT2D eigenvalue weighted by molar-refractivity contribution is 5.69. The number of halogens is 2. The van der Waals surface area contributed by atoms with Crippen LogP contribution in [0.25, 0.3) is 16.9 Å². The minimum absolute atomic E-state index is 0.173. The highest BCUT2D eigenvalue weighted by Crippen LogP contribution is 2.56. The molecule has 4 rings (SSSR count). The van der Waals surface area contributed by atoms with E-state index >= 15 is 0 Å². The zero-order valence-electron chi connectivity index (χ0n) is 12.5. The van der Waals surface area contributed by atoms with Gasteiger partial charge in [-0.2, -0.15) is 0 Å². The number of fused-ring (bicyclic) bond motifs is 1. The molecule has 0 spiro atoms. The van der Waals surface area contributed by atoms with Crippen molar-refractivity contribution in [3.63, 3.8) is 0 Å². The summed E-state index contributed by atoms with van der Waals surface area (Å²) in [6, 6.07) is 8.06. The molecule has 4 heteroatoms. The molecule has 0 amide bonds. The molecule has 2 atom stereocenters. The van der Waals surface area contributed by atoms with Crippen molar-refractivity contribution in [3.8, 4) is 11.3 Å². The first-order valence-corrected chi connectivity index (χ1v) is 7.43. The Kier molecular flexibility index (Phi) is 2.68. The van der Waals surface area contributed by atoms with Gasteiger partial charge in [0.25, 0.3) is 0 Å². The quantitative estimate of drug-likeness (QED) is 0.677. The molecular formula is C18H16F2N2. The molecule has 2 unspecified atom stereocenters. The van der Waals surface area contributed by atoms with Gasteiger partial charge in [-0.3, -0.25) is 0 Å². The Bertz CT molecular complexity index is 851. The Morgan fingerprint density at radius 1 is 1.27 bits per heavy atom. The van der Waals surface area contributed by atoms with Crippen molar-refractivity contribution in [1.29, 1.82) is 0 Å². The number of aromatic nitrogens is 2. The van der Waals surface area contributed by atoms with E-state index < -0.39 is 11.6 Å². The average molecular weight is 298 g/mol. The van der Waals surface area contributed by atoms with Crippen molar-refractivity contribution in [3.05, 3.63) is 59.9 Å². The molecule has 2 aromatic heterocycles. The number of benzene rings is 1. The molecule has 1 saturated carbocycles. The predicted molar refractivity (Wildman–Crippen MR) is 81.7 cm³/mol. The molecule has 112 valence electrons. The summed E-state index contributed by atoms with van der Waals surface area (Å²) in [6.45, 7) is 4.17. The lowest BCUT2D eigenvalue weighted by Crippen LogP contribution is -2.08. The number of hydrogen-bond acceptors (Lipinski definition) is 1. The summed E-state index contributed by atoms with van der Waals surface area (Å²) in [5.41, 5.74) is 2.28. The van der Waals surface area contributed by atoms with Crippen LogP contribution in [0.15, 0.2) is 42.7 Å². The van der Waals surface area contributed by atoms with E-state index in [1.54, 1.807) is 6.20 Å². The summed E-state index contributed by atoms with van der Waals surface area (Å²) in [5.74, 6) is -0.649. The summed E-state index contributed by atoms with van der Waals surface area (Å²) in [4.78, 5) is 4.50. The first-order valence-electron chi connectivity index (χ1n) is 7.43. The van der Waals surface area contributed by atoms with Crippen LogP contribution in [0.2, 0.25) is 0 Å². The van der Waals surface area contributed by atoms with Gasteiger partial charge >= 0.3 is 0 Å². The predicted octanol–water partition coefficient (Wildman–Crippen LogP) is 4.58. The van der Waals surface area contributed by atoms with Crippen LogP contribution < -0.4 is 0 Å². The van der Waals surface area contributed by atoms with Gasteiger partial charge in [-0.05, 0) is 41.5 Å². The number of imidazole rings is 1. The fourth-order valence-electron chi connectivity index (χ4n) is 3.29. The zero-order chi connectivity index (χ0) is 15.5. The van der Waals surface area contributed by atoms with Gasteiger partial charge in [-0.25, -0.2) is 13.8 Å². The molecule has 2 nitrogen and oxygen atoms in total. The maximum absolute atomic E-state index is 14.5. The van der Waals surface area contributed by atoms with Crippen LogP contribution >= 0.6 is 0 Å². The maximum Gasteiger partial charge on any atom is 0.137 e. The molecule has 22 heavy (non-hydrogen) atoms. The molecule has 0 bridgehead atoms. The van der Waals surface area contributed by atoms with Gasteiger partial charge in [-0.15, -0.1) is 0 Å². The monoisotopic (exact) mass is 298 g/mol. The van der Waals surface area contributed by atoms with E-state index in [0.29, 0.717) is 17.2 Å². The zero-order valence-corrected chi connectivity index (χ0v) is 12.5. The van der Waals surface area contributed by atoms with Crippen molar-refractivity contribution in [1.82, 2.24) is 9.38 Å². The largest absolute Gasteiger partial charge is 0.306 e. The second-order valence-electron chi connectivity index (χ2n) is 6.43. The summed E-state index contributed by atoms with van der Waals surface area (Å²) >= 11 is 0. The summed E-state index contributed by atoms with van der Waals surface area (Å²) in [5, 5.41) is 0. The first kappa shape index (κ1) is 13.4. The van der Waals surface area contributed by atoms with Crippen molar-refractivity contribution in [2.45, 2.75) is 25.7 Å². The standard InChI is InChI=1S/C18H16F2N2/c1-11-9-18(11,2)13-7-12(19)8-14(20)17(13)15-10-22-6-4-3-5-16(22)21-15/h3-8,10-11H,9H2,1-2H3. The van der Waals surface area contributed by atoms with E-state index in [4.69, 9.17) is 0 Å². The Morgan fingerprint density at radius 3 is 2.73 bits per heavy atom. The second kappa shape index (κ2) is 4.38. The smallest absolute Gasteiger partial charge is 0.137 e. The summed E-state index contributed by atoms with van der Waals surface area (Å²) < 4.78 is 30.1. The van der Waals surface area contributed by atoms with Crippen LogP contribution in [0.5, 0.6) is 0 Å². The molecule has 1 aliphatic carbocycles. The lowest BCUT2D eigenvalue weighted by molar-refractivity contribution is 0.573. The Labute approximate surface area is 127 Å². The molecule has 1 fully saturated rings. The topological polar surface area (TPSA) is 17.3 Å². The SMILES string of the molecule is CC1CC1(C)c1cc(F)cc(F)c1-c1cn2ccccc2n1. The highest BCUT2D eigenvalue weighted by atomic mass is 19.1. The number of rotatable bonds is 2. The van der Waals surface area contributed by atoms with Crippen LogP contribution in [0.1, 0.15) is 25.8 Å². The fraction of sp³-hybridized carbons (Fsp3) is 0.278. The molecule has 1 aromatic carbocycles. The van der Waals surface area contributed by atoms with Crippen LogP contribution in [0, 0.1) is 17.6 Å². The van der Waals surface area contributed by atoms with E-state index in [1.807, 2.05) is 28.8 Å². The van der Waals surface area contributed by atoms with Gasteiger partial charge in [0.2, 0.25) is 0 Å². The number of nitrogens with zero attached hydrogens (tertiary/aromatic N) is 2. The fourth-order valence-corrected chi connectivity index (χ4v) is 3.29. The van der Waals surface area contributed by atoms with E-state index in [2.05, 4.69) is 18.8 Å². The third kappa shape index (κ3) is 1.86. The van der Waals surface area contributed by atoms with Crippen LogP contribution in [0.3, 0.4) is 0 Å². The van der Waals surface area contributed by atoms with Crippen LogP contribution in [-0.2, 0) is 5.41 Å². The van der Waals surface area contributed by atoms with Crippen molar-refractivity contribution >= 4 is 5.65 Å². The van der Waals surface area contributed by atoms with Gasteiger partial charge < -0.3 is 4.40 Å². The van der Waals surface area contributed by atoms with E-state index in [1.165, 1.54) is 6.07 Å². The Morgan fingerprint density at radius 2 is 2.05 bits per heavy atom. The molecule has 0 N–H and O–H groups in total. The van der Waals surface area contributed by atoms with Gasteiger partial charge in [0.15, 0.2) is 0 Å². The molecule has 3 aromatic rings. The minimum Gasteiger partial charge on any atom is -0.306 e. The van der Waals surface area contributed by atoms with E-state index in [-0.39, 0.29) is 5.41 Å². The second-order valence-corrected chi connectivity index (χ2v) is 6.43. The highest BCUT2D eigenvalue weighted by Gasteiger charge is 2.49. The van der Waals surface area contributed by atoms with Crippen LogP contribution in [-0.4, -0.2) is 9.38 Å². The molecular weight excluding hydrogens is 282 g/mol. The van der Waals surface area contributed by atoms with Crippen molar-refractivity contribution < 1.29 is 8.78 Å². The van der Waals surface area contributed by atoms with Crippen LogP contribution in [0.4, 0.5) is 8.78 Å². The molecule has 0 aliphatic heterocycles. The van der Waals surface area contributed by atoms with E-state index in [9.17, 15) is 8.78 Å². The average Bonchev–Trinajstić information content (AvgIpc) is 2.92. The Balaban J connectivity index is 1.98. The molecule has 2 heterocycles. The summed E-state index contributed by atoms with van der Waals surface area (Å²) in [7, 11) is 0. The third-order valence-corrected chi connectivity index (χ3v) is 4.95. The van der Waals surface area contributed by atoms with Gasteiger partial charge in [0.1, 0.15) is 17.3 Å². The van der Waals surface area contributed by atoms with Gasteiger partial charge in [0, 0.05) is 24.0 Å². The third-order valence-electron chi connectivity index (χ3n) is 4.95. The van der Waals surface area contributed by atoms with Crippen molar-refractivity contribution in [2.24, 2.45) is 5.92 Å². The number of pyridine rings is 1. The normalized spacial score (nSPS) is 23.9. The summed E-state index contributed by atoms with van der Waals surface area (Å²) in [6.07, 6.45) is 4.61. The first-order chi connectivity index (χ1) is 10.5. The Hall–Kier alpha value is -2.23.